The Labute approximate surface area is 133 Å². The first-order valence-electron chi connectivity index (χ1n) is 7.09. The van der Waals surface area contributed by atoms with E-state index in [1.807, 2.05) is 23.1 Å². The average molecular weight is 360 g/mol. The monoisotopic (exact) mass is 358 g/mol. The number of carbonyl (C=O) groups excluding carboxylic acids is 1. The highest BCUT2D eigenvalue weighted by molar-refractivity contribution is 9.10. The van der Waals surface area contributed by atoms with Gasteiger partial charge in [0.05, 0.1) is 0 Å². The van der Waals surface area contributed by atoms with Crippen LogP contribution in [0.15, 0.2) is 22.7 Å². The van der Waals surface area contributed by atoms with Gasteiger partial charge in [-0.25, -0.2) is 0 Å². The van der Waals surface area contributed by atoms with Gasteiger partial charge in [0.1, 0.15) is 0 Å². The predicted molar refractivity (Wildman–Crippen MR) is 85.9 cm³/mol. The molecule has 1 aromatic carbocycles. The number of benzene rings is 1. The van der Waals surface area contributed by atoms with Crippen LogP contribution in [-0.2, 0) is 11.3 Å². The number of hydrogen-bond acceptors (Lipinski definition) is 2. The van der Waals surface area contributed by atoms with Crippen molar-refractivity contribution < 1.29 is 4.79 Å². The van der Waals surface area contributed by atoms with Crippen LogP contribution in [0.1, 0.15) is 31.2 Å². The molecule has 0 spiro atoms. The summed E-state index contributed by atoms with van der Waals surface area (Å²) in [5, 5.41) is 4.03. The Bertz CT molecular complexity index is 461. The number of carbonyl (C=O) groups is 1. The summed E-state index contributed by atoms with van der Waals surface area (Å²) in [5.41, 5.74) is 1.15. The minimum Gasteiger partial charge on any atom is -0.343 e. The quantitative estimate of drug-likeness (QED) is 0.815. The van der Waals surface area contributed by atoms with Crippen LogP contribution in [0, 0.1) is 0 Å². The first-order valence-corrected chi connectivity index (χ1v) is 8.26. The van der Waals surface area contributed by atoms with Crippen molar-refractivity contribution in [3.8, 4) is 0 Å². The van der Waals surface area contributed by atoms with Crippen molar-refractivity contribution in [2.75, 3.05) is 19.6 Å². The van der Waals surface area contributed by atoms with Gasteiger partial charge >= 0.3 is 0 Å². The van der Waals surface area contributed by atoms with E-state index in [-0.39, 0.29) is 5.91 Å². The molecule has 1 saturated heterocycles. The second kappa shape index (κ2) is 8.01. The molecule has 0 radical (unpaired) electrons. The van der Waals surface area contributed by atoms with Gasteiger partial charge in [0.2, 0.25) is 5.91 Å². The maximum atomic E-state index is 12.0. The Morgan fingerprint density at radius 1 is 1.30 bits per heavy atom. The van der Waals surface area contributed by atoms with E-state index in [0.29, 0.717) is 13.0 Å². The van der Waals surface area contributed by atoms with Crippen molar-refractivity contribution in [2.45, 2.75) is 32.2 Å². The highest BCUT2D eigenvalue weighted by Crippen LogP contribution is 2.21. The van der Waals surface area contributed by atoms with Crippen LogP contribution in [0.4, 0.5) is 0 Å². The molecule has 110 valence electrons. The Morgan fingerprint density at radius 2 is 2.05 bits per heavy atom. The van der Waals surface area contributed by atoms with Crippen LogP contribution >= 0.6 is 27.5 Å². The van der Waals surface area contributed by atoms with E-state index < -0.39 is 0 Å². The average Bonchev–Trinajstić information content (AvgIpc) is 2.46. The highest BCUT2D eigenvalue weighted by atomic mass is 79.9. The maximum Gasteiger partial charge on any atom is 0.223 e. The van der Waals surface area contributed by atoms with Gasteiger partial charge in [0.15, 0.2) is 0 Å². The summed E-state index contributed by atoms with van der Waals surface area (Å²) in [6, 6.07) is 5.76. The highest BCUT2D eigenvalue weighted by Gasteiger charge is 2.15. The van der Waals surface area contributed by atoms with E-state index in [1.54, 1.807) is 0 Å². The lowest BCUT2D eigenvalue weighted by Gasteiger charge is -2.26. The SMILES string of the molecule is O=C(CCNCc1ccc(Cl)cc1Br)N1CCCCC1. The smallest absolute Gasteiger partial charge is 0.223 e. The van der Waals surface area contributed by atoms with Gasteiger partial charge in [-0.15, -0.1) is 0 Å². The summed E-state index contributed by atoms with van der Waals surface area (Å²) in [4.78, 5) is 14.0. The maximum absolute atomic E-state index is 12.0. The van der Waals surface area contributed by atoms with E-state index in [1.165, 1.54) is 6.42 Å². The molecule has 1 N–H and O–H groups in total. The second-order valence-corrected chi connectivity index (χ2v) is 6.39. The van der Waals surface area contributed by atoms with Crippen LogP contribution in [0.2, 0.25) is 5.02 Å². The molecular weight excluding hydrogens is 340 g/mol. The molecule has 1 amide bonds. The number of piperidine rings is 1. The number of hydrogen-bond donors (Lipinski definition) is 1. The molecule has 1 aromatic rings. The minimum atomic E-state index is 0.271. The van der Waals surface area contributed by atoms with Crippen LogP contribution < -0.4 is 5.32 Å². The van der Waals surface area contributed by atoms with Crippen molar-refractivity contribution in [2.24, 2.45) is 0 Å². The van der Waals surface area contributed by atoms with Crippen molar-refractivity contribution in [1.29, 1.82) is 0 Å². The molecule has 3 nitrogen and oxygen atoms in total. The van der Waals surface area contributed by atoms with Gasteiger partial charge in [-0.2, -0.15) is 0 Å². The summed E-state index contributed by atoms with van der Waals surface area (Å²) in [5.74, 6) is 0.271. The van der Waals surface area contributed by atoms with E-state index in [2.05, 4.69) is 21.2 Å². The molecule has 1 heterocycles. The lowest BCUT2D eigenvalue weighted by atomic mass is 10.1. The van der Waals surface area contributed by atoms with E-state index in [9.17, 15) is 4.79 Å². The molecule has 20 heavy (non-hydrogen) atoms. The van der Waals surface area contributed by atoms with Crippen LogP contribution in [-0.4, -0.2) is 30.4 Å². The number of likely N-dealkylation sites (tertiary alicyclic amines) is 1. The normalized spacial score (nSPS) is 15.4. The number of nitrogens with zero attached hydrogens (tertiary/aromatic N) is 1. The van der Waals surface area contributed by atoms with Gasteiger partial charge in [-0.1, -0.05) is 33.6 Å². The zero-order chi connectivity index (χ0) is 14.4. The Balaban J connectivity index is 1.69. The third-order valence-electron chi connectivity index (χ3n) is 3.55. The lowest BCUT2D eigenvalue weighted by molar-refractivity contribution is -0.131. The first-order chi connectivity index (χ1) is 9.66. The molecular formula is C15H20BrClN2O. The van der Waals surface area contributed by atoms with E-state index in [4.69, 9.17) is 11.6 Å². The lowest BCUT2D eigenvalue weighted by Crippen LogP contribution is -2.37. The van der Waals surface area contributed by atoms with Crippen molar-refractivity contribution in [1.82, 2.24) is 10.2 Å². The second-order valence-electron chi connectivity index (χ2n) is 5.10. The fraction of sp³-hybridized carbons (Fsp3) is 0.533. The summed E-state index contributed by atoms with van der Waals surface area (Å²) in [6.07, 6.45) is 4.13. The Morgan fingerprint density at radius 3 is 2.75 bits per heavy atom. The number of nitrogens with one attached hydrogen (secondary N) is 1. The van der Waals surface area contributed by atoms with Crippen molar-refractivity contribution in [3.05, 3.63) is 33.3 Å². The molecule has 0 atom stereocenters. The van der Waals surface area contributed by atoms with Crippen LogP contribution in [0.5, 0.6) is 0 Å². The van der Waals surface area contributed by atoms with Crippen molar-refractivity contribution in [3.63, 3.8) is 0 Å². The molecule has 1 fully saturated rings. The number of amides is 1. The van der Waals surface area contributed by atoms with Crippen molar-refractivity contribution >= 4 is 33.4 Å². The first kappa shape index (κ1) is 15.8. The summed E-state index contributed by atoms with van der Waals surface area (Å²) in [6.45, 7) is 3.32. The molecule has 2 rings (SSSR count). The van der Waals surface area contributed by atoms with Crippen LogP contribution in [0.25, 0.3) is 0 Å². The molecule has 0 aliphatic carbocycles. The summed E-state index contributed by atoms with van der Waals surface area (Å²) in [7, 11) is 0. The molecule has 0 saturated carbocycles. The fourth-order valence-electron chi connectivity index (χ4n) is 2.38. The Hall–Kier alpha value is -0.580. The molecule has 1 aliphatic rings. The van der Waals surface area contributed by atoms with E-state index in [0.717, 1.165) is 47.5 Å². The third kappa shape index (κ3) is 4.76. The Kier molecular flexibility index (Phi) is 6.33. The largest absolute Gasteiger partial charge is 0.343 e. The standard InChI is InChI=1S/C15H20BrClN2O/c16-14-10-13(17)5-4-12(14)11-18-7-6-15(20)19-8-2-1-3-9-19/h4-5,10,18H,1-3,6-9,11H2. The topological polar surface area (TPSA) is 32.3 Å². The number of rotatable bonds is 5. The van der Waals surface area contributed by atoms with Gasteiger partial charge in [-0.3, -0.25) is 4.79 Å². The van der Waals surface area contributed by atoms with E-state index >= 15 is 0 Å². The van der Waals surface area contributed by atoms with Gasteiger partial charge < -0.3 is 10.2 Å². The molecule has 0 bridgehead atoms. The molecule has 0 unspecified atom stereocenters. The molecule has 5 heteroatoms. The van der Waals surface area contributed by atoms with Crippen LogP contribution in [0.3, 0.4) is 0 Å². The number of halogens is 2. The zero-order valence-corrected chi connectivity index (χ0v) is 13.8. The molecule has 0 aromatic heterocycles. The third-order valence-corrected chi connectivity index (χ3v) is 4.53. The fourth-order valence-corrected chi connectivity index (χ4v) is 3.21. The minimum absolute atomic E-state index is 0.271. The summed E-state index contributed by atoms with van der Waals surface area (Å²) >= 11 is 9.40. The molecule has 1 aliphatic heterocycles. The zero-order valence-electron chi connectivity index (χ0n) is 11.5. The van der Waals surface area contributed by atoms with Gasteiger partial charge in [0.25, 0.3) is 0 Å². The predicted octanol–water partition coefficient (Wildman–Crippen LogP) is 3.59. The van der Waals surface area contributed by atoms with Gasteiger partial charge in [-0.05, 0) is 37.0 Å². The van der Waals surface area contributed by atoms with Gasteiger partial charge in [0, 0.05) is 42.1 Å². The summed E-state index contributed by atoms with van der Waals surface area (Å²) < 4.78 is 1.000.